The first-order valence-corrected chi connectivity index (χ1v) is 7.65. The number of rotatable bonds is 7. The van der Waals surface area contributed by atoms with Crippen molar-refractivity contribution in [1.82, 2.24) is 20.1 Å². The molecule has 1 N–H and O–H groups in total. The number of oxazole rings is 1. The van der Waals surface area contributed by atoms with E-state index in [0.29, 0.717) is 37.4 Å². The Morgan fingerprint density at radius 2 is 2.25 bits per heavy atom. The number of carbonyl (C=O) groups is 1. The van der Waals surface area contributed by atoms with Gasteiger partial charge in [-0.25, -0.2) is 4.98 Å². The number of terminal acetylenes is 1. The predicted octanol–water partition coefficient (Wildman–Crippen LogP) is 2.08. The van der Waals surface area contributed by atoms with Crippen LogP contribution in [0.15, 0.2) is 27.0 Å². The summed E-state index contributed by atoms with van der Waals surface area (Å²) in [7, 11) is 1.80. The number of amides is 1. The van der Waals surface area contributed by atoms with E-state index >= 15 is 0 Å². The van der Waals surface area contributed by atoms with Crippen molar-refractivity contribution in [1.29, 1.82) is 0 Å². The van der Waals surface area contributed by atoms with E-state index in [1.165, 1.54) is 0 Å². The molecule has 3 rings (SSSR count). The van der Waals surface area contributed by atoms with Crippen LogP contribution in [0.1, 0.15) is 35.5 Å². The molecule has 0 fully saturated rings. The van der Waals surface area contributed by atoms with Crippen LogP contribution in [0, 0.1) is 19.3 Å². The summed E-state index contributed by atoms with van der Waals surface area (Å²) < 4.78 is 7.23. The van der Waals surface area contributed by atoms with Crippen molar-refractivity contribution < 1.29 is 9.21 Å². The lowest BCUT2D eigenvalue weighted by Gasteiger charge is -2.09. The zero-order valence-corrected chi connectivity index (χ0v) is 13.6. The lowest BCUT2D eigenvalue weighted by atomic mass is 10.0. The molecule has 0 aliphatic carbocycles. The lowest BCUT2D eigenvalue weighted by molar-refractivity contribution is 0.0924. The molecule has 2 aromatic heterocycles. The summed E-state index contributed by atoms with van der Waals surface area (Å²) in [6.45, 7) is 2.18. The van der Waals surface area contributed by atoms with Gasteiger partial charge in [-0.2, -0.15) is 15.3 Å². The summed E-state index contributed by atoms with van der Waals surface area (Å²) in [5.74, 6) is 2.86. The van der Waals surface area contributed by atoms with Crippen LogP contribution in [-0.4, -0.2) is 32.9 Å². The largest absolute Gasteiger partial charge is 0.431 e. The molecule has 1 aliphatic heterocycles. The number of nitrogens with one attached hydrogen (secondary N) is 1. The van der Waals surface area contributed by atoms with E-state index in [1.54, 1.807) is 31.0 Å². The van der Waals surface area contributed by atoms with Crippen LogP contribution < -0.4 is 5.32 Å². The van der Waals surface area contributed by atoms with E-state index in [-0.39, 0.29) is 11.7 Å². The van der Waals surface area contributed by atoms with Crippen LogP contribution in [0.5, 0.6) is 0 Å². The van der Waals surface area contributed by atoms with Crippen molar-refractivity contribution >= 4 is 5.91 Å². The summed E-state index contributed by atoms with van der Waals surface area (Å²) >= 11 is 0. The van der Waals surface area contributed by atoms with Gasteiger partial charge in [0, 0.05) is 39.1 Å². The van der Waals surface area contributed by atoms with Crippen LogP contribution in [-0.2, 0) is 7.05 Å². The quantitative estimate of drug-likeness (QED) is 0.788. The van der Waals surface area contributed by atoms with Gasteiger partial charge in [0.05, 0.1) is 17.5 Å². The SMILES string of the molecule is C#CCCC1(CCNC(=O)c2oc(-c3cnn(C)c3)nc2C)N=N1. The van der Waals surface area contributed by atoms with E-state index in [9.17, 15) is 4.79 Å². The number of aryl methyl sites for hydroxylation is 2. The smallest absolute Gasteiger partial charge is 0.289 e. The second-order valence-electron chi connectivity index (χ2n) is 5.73. The van der Waals surface area contributed by atoms with Gasteiger partial charge in [-0.15, -0.1) is 12.3 Å². The standard InChI is InChI=1S/C16H18N6O2/c1-4-5-6-16(20-21-16)7-8-17-14(23)13-11(2)19-15(24-13)12-9-18-22(3)10-12/h1,9-10H,5-8H2,2-3H3,(H,17,23). The molecule has 1 amide bonds. The van der Waals surface area contributed by atoms with Crippen molar-refractivity contribution in [3.63, 3.8) is 0 Å². The van der Waals surface area contributed by atoms with Crippen LogP contribution in [0.2, 0.25) is 0 Å². The molecule has 1 aliphatic rings. The van der Waals surface area contributed by atoms with Gasteiger partial charge in [-0.05, 0) is 6.92 Å². The third-order valence-electron chi connectivity index (χ3n) is 3.82. The molecule has 0 spiro atoms. The molecule has 0 saturated heterocycles. The van der Waals surface area contributed by atoms with Crippen molar-refractivity contribution in [3.8, 4) is 23.8 Å². The third kappa shape index (κ3) is 3.35. The summed E-state index contributed by atoms with van der Waals surface area (Å²) in [6.07, 6.45) is 10.6. The monoisotopic (exact) mass is 326 g/mol. The van der Waals surface area contributed by atoms with Crippen LogP contribution in [0.25, 0.3) is 11.5 Å². The Balaban J connectivity index is 1.58. The van der Waals surface area contributed by atoms with E-state index in [2.05, 4.69) is 31.5 Å². The molecule has 0 atom stereocenters. The highest BCUT2D eigenvalue weighted by Gasteiger charge is 2.38. The van der Waals surface area contributed by atoms with Gasteiger partial charge in [0.15, 0.2) is 5.66 Å². The number of hydrogen-bond acceptors (Lipinski definition) is 6. The molecule has 8 heteroatoms. The van der Waals surface area contributed by atoms with Crippen LogP contribution in [0.3, 0.4) is 0 Å². The molecule has 0 unspecified atom stereocenters. The minimum atomic E-state index is -0.406. The van der Waals surface area contributed by atoms with Crippen molar-refractivity contribution in [2.75, 3.05) is 6.54 Å². The summed E-state index contributed by atoms with van der Waals surface area (Å²) in [6, 6.07) is 0. The first-order valence-electron chi connectivity index (χ1n) is 7.65. The van der Waals surface area contributed by atoms with Gasteiger partial charge >= 0.3 is 0 Å². The molecule has 3 heterocycles. The number of aromatic nitrogens is 3. The average molecular weight is 326 g/mol. The molecule has 0 saturated carbocycles. The zero-order valence-electron chi connectivity index (χ0n) is 13.6. The lowest BCUT2D eigenvalue weighted by Crippen LogP contribution is -2.28. The molecule has 24 heavy (non-hydrogen) atoms. The number of hydrogen-bond donors (Lipinski definition) is 1. The molecule has 8 nitrogen and oxygen atoms in total. The molecule has 0 aromatic carbocycles. The normalized spacial score (nSPS) is 14.4. The van der Waals surface area contributed by atoms with Crippen LogP contribution in [0.4, 0.5) is 0 Å². The topological polar surface area (TPSA) is 97.7 Å². The Kier molecular flexibility index (Phi) is 4.16. The Morgan fingerprint density at radius 1 is 1.46 bits per heavy atom. The van der Waals surface area contributed by atoms with Crippen LogP contribution >= 0.6 is 0 Å². The fourth-order valence-corrected chi connectivity index (χ4v) is 2.39. The molecular formula is C16H18N6O2. The van der Waals surface area contributed by atoms with E-state index in [4.69, 9.17) is 10.8 Å². The number of carbonyl (C=O) groups excluding carboxylic acids is 1. The van der Waals surface area contributed by atoms with Crippen molar-refractivity contribution in [2.24, 2.45) is 17.3 Å². The molecule has 124 valence electrons. The second-order valence-corrected chi connectivity index (χ2v) is 5.73. The molecule has 0 radical (unpaired) electrons. The van der Waals surface area contributed by atoms with E-state index in [1.807, 2.05) is 0 Å². The van der Waals surface area contributed by atoms with Gasteiger partial charge in [-0.3, -0.25) is 9.48 Å². The highest BCUT2D eigenvalue weighted by Crippen LogP contribution is 2.36. The van der Waals surface area contributed by atoms with Crippen molar-refractivity contribution in [3.05, 3.63) is 23.8 Å². The summed E-state index contributed by atoms with van der Waals surface area (Å²) in [5.41, 5.74) is 0.856. The molecule has 2 aromatic rings. The van der Waals surface area contributed by atoms with Gasteiger partial charge in [-0.1, -0.05) is 0 Å². The first-order chi connectivity index (χ1) is 11.5. The number of nitrogens with zero attached hydrogens (tertiary/aromatic N) is 5. The van der Waals surface area contributed by atoms with E-state index < -0.39 is 5.66 Å². The maximum Gasteiger partial charge on any atom is 0.289 e. The fraction of sp³-hybridized carbons (Fsp3) is 0.438. The Labute approximate surface area is 139 Å². The average Bonchev–Trinajstić information content (AvgIpc) is 3.00. The minimum absolute atomic E-state index is 0.205. The third-order valence-corrected chi connectivity index (χ3v) is 3.82. The highest BCUT2D eigenvalue weighted by atomic mass is 16.4. The maximum atomic E-state index is 12.3. The molecule has 0 bridgehead atoms. The molecular weight excluding hydrogens is 308 g/mol. The summed E-state index contributed by atoms with van der Waals surface area (Å²) in [4.78, 5) is 16.6. The summed E-state index contributed by atoms with van der Waals surface area (Å²) in [5, 5.41) is 15.0. The van der Waals surface area contributed by atoms with Gasteiger partial charge in [0.1, 0.15) is 0 Å². The van der Waals surface area contributed by atoms with Crippen molar-refractivity contribution in [2.45, 2.75) is 31.8 Å². The van der Waals surface area contributed by atoms with Gasteiger partial charge in [0.2, 0.25) is 11.7 Å². The Bertz CT molecular complexity index is 820. The Morgan fingerprint density at radius 3 is 2.88 bits per heavy atom. The second kappa shape index (κ2) is 6.28. The van der Waals surface area contributed by atoms with Gasteiger partial charge in [0.25, 0.3) is 5.91 Å². The fourth-order valence-electron chi connectivity index (χ4n) is 2.39. The maximum absolute atomic E-state index is 12.3. The first kappa shape index (κ1) is 15.9. The van der Waals surface area contributed by atoms with Gasteiger partial charge < -0.3 is 9.73 Å². The Hall–Kier alpha value is -2.95. The highest BCUT2D eigenvalue weighted by molar-refractivity contribution is 5.92. The predicted molar refractivity (Wildman–Crippen MR) is 86.0 cm³/mol. The van der Waals surface area contributed by atoms with E-state index in [0.717, 1.165) is 5.56 Å². The minimum Gasteiger partial charge on any atom is -0.431 e. The zero-order chi connectivity index (χ0) is 17.2.